The summed E-state index contributed by atoms with van der Waals surface area (Å²) in [5.74, 6) is 1.15. The van der Waals surface area contributed by atoms with Gasteiger partial charge in [-0.05, 0) is 0 Å². The molecule has 0 nitrogen and oxygen atoms in total. The molecule has 0 spiro atoms. The van der Waals surface area contributed by atoms with Crippen LogP contribution in [0.25, 0.3) is 0 Å². The zero-order chi connectivity index (χ0) is 16.3. The van der Waals surface area contributed by atoms with Crippen molar-refractivity contribution in [3.63, 3.8) is 0 Å². The molecule has 0 bridgehead atoms. The number of hydrogen-bond acceptors (Lipinski definition) is 1. The Morgan fingerprint density at radius 1 is 0.864 bits per heavy atom. The maximum atomic E-state index is 6.38. The van der Waals surface area contributed by atoms with Crippen LogP contribution >= 0.6 is 20.5 Å². The fraction of sp³-hybridized carbons (Fsp3) is 0.684. The van der Waals surface area contributed by atoms with E-state index in [0.29, 0.717) is 0 Å². The molecule has 0 saturated carbocycles. The van der Waals surface area contributed by atoms with Crippen LogP contribution in [-0.2, 0) is 5.75 Å². The van der Waals surface area contributed by atoms with Gasteiger partial charge >= 0.3 is 151 Å². The summed E-state index contributed by atoms with van der Waals surface area (Å²) >= 11 is 4.32. The molecule has 1 rings (SSSR count). The second-order valence-corrected chi connectivity index (χ2v) is 26.7. The van der Waals surface area contributed by atoms with E-state index < -0.39 is 17.0 Å². The van der Waals surface area contributed by atoms with Gasteiger partial charge in [0.15, 0.2) is 0 Å². The Balaban J connectivity index is 2.78. The van der Waals surface area contributed by atoms with Gasteiger partial charge in [0.2, 0.25) is 0 Å². The minimum atomic E-state index is -2.06. The molecule has 0 aliphatic rings. The van der Waals surface area contributed by atoms with E-state index in [0.717, 1.165) is 10.8 Å². The summed E-state index contributed by atoms with van der Waals surface area (Å²) in [6, 6.07) is 8.42. The van der Waals surface area contributed by atoms with Gasteiger partial charge < -0.3 is 0 Å². The normalized spacial score (nSPS) is 11.8. The zero-order valence-electron chi connectivity index (χ0n) is 14.7. The third kappa shape index (κ3) is 7.49. The van der Waals surface area contributed by atoms with Crippen molar-refractivity contribution in [3.05, 3.63) is 34.9 Å². The average molecular weight is 448 g/mol. The van der Waals surface area contributed by atoms with Gasteiger partial charge in [-0.2, -0.15) is 0 Å². The van der Waals surface area contributed by atoms with Crippen LogP contribution in [0.3, 0.4) is 0 Å². The molecule has 0 N–H and O–H groups in total. The van der Waals surface area contributed by atoms with Crippen molar-refractivity contribution in [3.8, 4) is 0 Å². The Bertz CT molecular complexity index is 386. The van der Waals surface area contributed by atoms with E-state index in [1.54, 1.807) is 13.3 Å². The number of rotatable bonds is 12. The monoisotopic (exact) mass is 448 g/mol. The van der Waals surface area contributed by atoms with Crippen LogP contribution in [0.1, 0.15) is 64.9 Å². The van der Waals surface area contributed by atoms with Crippen LogP contribution in [0.4, 0.5) is 0 Å². The number of benzene rings is 1. The van der Waals surface area contributed by atoms with E-state index in [2.05, 4.69) is 41.8 Å². The summed E-state index contributed by atoms with van der Waals surface area (Å²) in [4.78, 5) is 0. The molecule has 3 heteroatoms. The summed E-state index contributed by atoms with van der Waals surface area (Å²) in [5, 5.41) is 0.955. The summed E-state index contributed by atoms with van der Waals surface area (Å²) in [6.07, 6.45) is 8.38. The van der Waals surface area contributed by atoms with Crippen molar-refractivity contribution in [2.75, 3.05) is 0 Å². The van der Waals surface area contributed by atoms with Crippen LogP contribution in [0.15, 0.2) is 24.3 Å². The third-order valence-corrected chi connectivity index (χ3v) is 27.3. The van der Waals surface area contributed by atoms with Crippen molar-refractivity contribution in [1.29, 1.82) is 0 Å². The molecule has 0 unspecified atom stereocenters. The first-order chi connectivity index (χ1) is 10.7. The van der Waals surface area contributed by atoms with Gasteiger partial charge in [-0.15, -0.1) is 0 Å². The fourth-order valence-corrected chi connectivity index (χ4v) is 25.6. The molecule has 0 aromatic heterocycles. The van der Waals surface area contributed by atoms with E-state index in [9.17, 15) is 0 Å². The fourth-order valence-electron chi connectivity index (χ4n) is 2.93. The van der Waals surface area contributed by atoms with Crippen LogP contribution in [0, 0.1) is 0 Å². The molecule has 0 aliphatic carbocycles. The van der Waals surface area contributed by atoms with Crippen molar-refractivity contribution < 1.29 is 0 Å². The first-order valence-electron chi connectivity index (χ1n) is 9.04. The third-order valence-electron chi connectivity index (χ3n) is 4.45. The molecule has 0 fully saturated rings. The molecule has 0 saturated heterocycles. The quantitative estimate of drug-likeness (QED) is 0.293. The van der Waals surface area contributed by atoms with Crippen LogP contribution < -0.4 is 0 Å². The predicted molar refractivity (Wildman–Crippen MR) is 108 cm³/mol. The standard InChI is InChI=1S/C7H7ClS.3C4H9.Sn/c8-7-4-2-1-3-6(7)5-9;3*1-3-4-2;/h1-4,9H,5H2;3*1,3-4H2,2H3;/q;;;;+1/p-1. The Morgan fingerprint density at radius 2 is 1.36 bits per heavy atom. The van der Waals surface area contributed by atoms with Crippen molar-refractivity contribution in [2.45, 2.75) is 78.4 Å². The van der Waals surface area contributed by atoms with Gasteiger partial charge in [0.05, 0.1) is 0 Å². The van der Waals surface area contributed by atoms with Crippen LogP contribution in [0.5, 0.6) is 0 Å². The molecule has 126 valence electrons. The van der Waals surface area contributed by atoms with Gasteiger partial charge in [0.1, 0.15) is 0 Å². The minimum absolute atomic E-state index is 0.955. The van der Waals surface area contributed by atoms with Crippen LogP contribution in [-0.4, -0.2) is 17.0 Å². The van der Waals surface area contributed by atoms with Crippen LogP contribution in [0.2, 0.25) is 18.3 Å². The van der Waals surface area contributed by atoms with Gasteiger partial charge in [0.25, 0.3) is 0 Å². The molecule has 0 aliphatic heterocycles. The van der Waals surface area contributed by atoms with Gasteiger partial charge in [0, 0.05) is 0 Å². The first kappa shape index (κ1) is 20.7. The molecule has 0 atom stereocenters. The second kappa shape index (κ2) is 12.1. The number of hydrogen-bond donors (Lipinski definition) is 0. The number of unbranched alkanes of at least 4 members (excludes halogenated alkanes) is 3. The molecule has 0 amide bonds. The molecule has 0 radical (unpaired) electrons. The topological polar surface area (TPSA) is 0 Å². The Morgan fingerprint density at radius 3 is 1.82 bits per heavy atom. The zero-order valence-corrected chi connectivity index (χ0v) is 19.1. The Hall–Kier alpha value is 0.659. The summed E-state index contributed by atoms with van der Waals surface area (Å²) < 4.78 is 4.71. The van der Waals surface area contributed by atoms with Gasteiger partial charge in [-0.3, -0.25) is 0 Å². The summed E-state index contributed by atoms with van der Waals surface area (Å²) in [5.41, 5.74) is 1.35. The van der Waals surface area contributed by atoms with Crippen molar-refractivity contribution >= 4 is 37.5 Å². The predicted octanol–water partition coefficient (Wildman–Crippen LogP) is 7.92. The van der Waals surface area contributed by atoms with E-state index in [-0.39, 0.29) is 0 Å². The van der Waals surface area contributed by atoms with Crippen molar-refractivity contribution in [1.82, 2.24) is 0 Å². The molecule has 1 aromatic rings. The molecule has 22 heavy (non-hydrogen) atoms. The maximum absolute atomic E-state index is 6.38. The molecular formula is C19H33ClSSn. The Kier molecular flexibility index (Phi) is 11.4. The average Bonchev–Trinajstić information content (AvgIpc) is 2.55. The first-order valence-corrected chi connectivity index (χ1v) is 20.0. The number of halogens is 1. The van der Waals surface area contributed by atoms with E-state index in [4.69, 9.17) is 11.6 Å². The summed E-state index contributed by atoms with van der Waals surface area (Å²) in [6.45, 7) is 7.03. The SMILES string of the molecule is CCC[CH2][Sn]([CH2]CCC)([CH2]CCC)[S]Cc1ccccc1Cl. The molecule has 0 heterocycles. The van der Waals surface area contributed by atoms with E-state index in [1.807, 2.05) is 12.1 Å². The summed E-state index contributed by atoms with van der Waals surface area (Å²) in [7, 11) is 2.38. The van der Waals surface area contributed by atoms with E-state index in [1.165, 1.54) is 44.1 Å². The molecular weight excluding hydrogens is 414 g/mol. The van der Waals surface area contributed by atoms with Gasteiger partial charge in [-0.1, -0.05) is 0 Å². The Labute approximate surface area is 150 Å². The van der Waals surface area contributed by atoms with Gasteiger partial charge in [-0.25, -0.2) is 0 Å². The van der Waals surface area contributed by atoms with Crippen molar-refractivity contribution in [2.24, 2.45) is 0 Å². The molecule has 1 aromatic carbocycles. The van der Waals surface area contributed by atoms with E-state index >= 15 is 0 Å². The second-order valence-electron chi connectivity index (χ2n) is 6.37.